The molecule has 2 amide bonds. The second-order valence-electron chi connectivity index (χ2n) is 5.35. The molecule has 0 fully saturated rings. The number of nitrogens with zero attached hydrogens (tertiary/aromatic N) is 2. The van der Waals surface area contributed by atoms with Crippen LogP contribution in [-0.4, -0.2) is 41.6 Å². The molecule has 26 heavy (non-hydrogen) atoms. The number of imidazole rings is 1. The average Bonchev–Trinajstić information content (AvgIpc) is 2.92. The predicted octanol–water partition coefficient (Wildman–Crippen LogP) is -0.0235. The van der Waals surface area contributed by atoms with E-state index in [1.54, 1.807) is 19.1 Å². The number of rotatable bonds is 5. The van der Waals surface area contributed by atoms with Crippen molar-refractivity contribution in [3.63, 3.8) is 0 Å². The molecule has 0 bridgehead atoms. The zero-order valence-corrected chi connectivity index (χ0v) is 15.0. The summed E-state index contributed by atoms with van der Waals surface area (Å²) in [7, 11) is 4.39. The number of ether oxygens (including phenoxy) is 1. The van der Waals surface area contributed by atoms with Crippen LogP contribution in [0.1, 0.15) is 38.3 Å². The molecule has 9 nitrogen and oxygen atoms in total. The van der Waals surface area contributed by atoms with Crippen molar-refractivity contribution in [2.24, 2.45) is 7.05 Å². The highest BCUT2D eigenvalue weighted by molar-refractivity contribution is 6.04. The van der Waals surface area contributed by atoms with Gasteiger partial charge in [0.2, 0.25) is 11.4 Å². The topological polar surface area (TPSA) is 114 Å². The number of aromatic nitrogens is 2. The third kappa shape index (κ3) is 3.23. The van der Waals surface area contributed by atoms with Gasteiger partial charge in [0.1, 0.15) is 11.3 Å². The first-order chi connectivity index (χ1) is 12.4. The van der Waals surface area contributed by atoms with E-state index in [0.717, 1.165) is 0 Å². The lowest BCUT2D eigenvalue weighted by atomic mass is 10.2. The third-order valence-corrected chi connectivity index (χ3v) is 3.86. The first-order valence-electron chi connectivity index (χ1n) is 7.94. The van der Waals surface area contributed by atoms with Crippen LogP contribution >= 0.6 is 0 Å². The van der Waals surface area contributed by atoms with Gasteiger partial charge in [-0.2, -0.15) is 9.13 Å². The fourth-order valence-electron chi connectivity index (χ4n) is 2.59. The van der Waals surface area contributed by atoms with Crippen molar-refractivity contribution in [3.8, 4) is 11.8 Å². The molecule has 1 aromatic carbocycles. The van der Waals surface area contributed by atoms with Gasteiger partial charge >= 0.3 is 12.0 Å². The van der Waals surface area contributed by atoms with Gasteiger partial charge in [-0.05, 0) is 19.1 Å². The molecule has 138 valence electrons. The third-order valence-electron chi connectivity index (χ3n) is 3.86. The minimum atomic E-state index is -0.808. The van der Waals surface area contributed by atoms with Crippen LogP contribution < -0.4 is 19.9 Å². The summed E-state index contributed by atoms with van der Waals surface area (Å²) in [6.45, 7) is 2.02. The largest absolute Gasteiger partial charge is 0.507 e. The predicted molar refractivity (Wildman–Crippen MR) is 91.1 cm³/mol. The van der Waals surface area contributed by atoms with Gasteiger partial charge in [-0.1, -0.05) is 12.1 Å². The van der Waals surface area contributed by atoms with Crippen molar-refractivity contribution in [2.45, 2.75) is 13.5 Å². The molecule has 2 rings (SSSR count). The van der Waals surface area contributed by atoms with E-state index in [4.69, 9.17) is 4.74 Å². The van der Waals surface area contributed by atoms with Crippen LogP contribution in [-0.2, 0) is 13.6 Å². The van der Waals surface area contributed by atoms with Crippen LogP contribution in [0.4, 0.5) is 0 Å². The minimum absolute atomic E-state index is 0.00190. The molecule has 2 aromatic rings. The number of amides is 2. The van der Waals surface area contributed by atoms with Crippen molar-refractivity contribution in [1.29, 1.82) is 0 Å². The number of carbonyl (C=O) groups excluding carboxylic acids is 3. The number of benzene rings is 1. The lowest BCUT2D eigenvalue weighted by molar-refractivity contribution is -0.676. The fraction of sp³-hybridized carbons (Fsp3) is 0.294. The molecular formula is C17H21N4O5+. The zero-order chi connectivity index (χ0) is 19.4. The molecule has 0 spiro atoms. The molecule has 0 aliphatic rings. The summed E-state index contributed by atoms with van der Waals surface area (Å²) in [5, 5.41) is 14.8. The average molecular weight is 361 g/mol. The Hall–Kier alpha value is -3.36. The number of aromatic hydroxyl groups is 1. The summed E-state index contributed by atoms with van der Waals surface area (Å²) in [5.74, 6) is -2.03. The SMILES string of the molecule is CCn1c(C(=O)NC)c(C(=O)NC)[n+](C)c1OC(=O)c1ccccc1O. The normalized spacial score (nSPS) is 10.3. The van der Waals surface area contributed by atoms with E-state index in [1.165, 1.54) is 42.4 Å². The maximum atomic E-state index is 12.4. The number of nitrogens with one attached hydrogen (secondary N) is 2. The van der Waals surface area contributed by atoms with Gasteiger partial charge in [-0.25, -0.2) is 4.79 Å². The van der Waals surface area contributed by atoms with Gasteiger partial charge in [0.25, 0.3) is 11.8 Å². The Morgan fingerprint density at radius 2 is 1.77 bits per heavy atom. The van der Waals surface area contributed by atoms with Crippen LogP contribution in [0.2, 0.25) is 0 Å². The zero-order valence-electron chi connectivity index (χ0n) is 15.0. The van der Waals surface area contributed by atoms with E-state index < -0.39 is 17.8 Å². The number of phenolic OH excluding ortho intramolecular Hbond substituents is 1. The Balaban J connectivity index is 2.60. The summed E-state index contributed by atoms with van der Waals surface area (Å²) >= 11 is 0. The van der Waals surface area contributed by atoms with Gasteiger partial charge in [-0.15, -0.1) is 0 Å². The van der Waals surface area contributed by atoms with Gasteiger partial charge in [0, 0.05) is 14.1 Å². The second kappa shape index (κ2) is 7.68. The van der Waals surface area contributed by atoms with Gasteiger partial charge in [0.15, 0.2) is 0 Å². The highest BCUT2D eigenvalue weighted by Crippen LogP contribution is 2.21. The Labute approximate surface area is 150 Å². The molecule has 1 heterocycles. The smallest absolute Gasteiger partial charge is 0.465 e. The molecule has 0 unspecified atom stereocenters. The Bertz CT molecular complexity index is 872. The molecule has 0 saturated carbocycles. The summed E-state index contributed by atoms with van der Waals surface area (Å²) in [6, 6.07) is 5.94. The van der Waals surface area contributed by atoms with E-state index in [-0.39, 0.29) is 35.3 Å². The fourth-order valence-corrected chi connectivity index (χ4v) is 2.59. The Morgan fingerprint density at radius 1 is 1.15 bits per heavy atom. The van der Waals surface area contributed by atoms with Crippen LogP contribution in [0.15, 0.2) is 24.3 Å². The summed E-state index contributed by atoms with van der Waals surface area (Å²) in [6.07, 6.45) is 0. The molecular weight excluding hydrogens is 340 g/mol. The maximum absolute atomic E-state index is 12.4. The Morgan fingerprint density at radius 3 is 2.31 bits per heavy atom. The Kier molecular flexibility index (Phi) is 5.61. The highest BCUT2D eigenvalue weighted by Gasteiger charge is 2.38. The summed E-state index contributed by atoms with van der Waals surface area (Å²) in [5.41, 5.74) is 0.0880. The lowest BCUT2D eigenvalue weighted by Crippen LogP contribution is -2.40. The van der Waals surface area contributed by atoms with Crippen molar-refractivity contribution in [3.05, 3.63) is 41.2 Å². The minimum Gasteiger partial charge on any atom is -0.507 e. The molecule has 9 heteroatoms. The molecule has 0 saturated heterocycles. The number of para-hydroxylation sites is 1. The second-order valence-corrected chi connectivity index (χ2v) is 5.35. The molecule has 0 atom stereocenters. The van der Waals surface area contributed by atoms with E-state index in [0.29, 0.717) is 0 Å². The van der Waals surface area contributed by atoms with E-state index in [9.17, 15) is 19.5 Å². The lowest BCUT2D eigenvalue weighted by Gasteiger charge is -2.04. The number of esters is 1. The van der Waals surface area contributed by atoms with Crippen molar-refractivity contribution in [1.82, 2.24) is 15.2 Å². The number of hydrogen-bond acceptors (Lipinski definition) is 5. The monoisotopic (exact) mass is 361 g/mol. The molecule has 0 aliphatic carbocycles. The molecule has 0 radical (unpaired) electrons. The van der Waals surface area contributed by atoms with Crippen molar-refractivity contribution >= 4 is 17.8 Å². The number of hydrogen-bond donors (Lipinski definition) is 3. The van der Waals surface area contributed by atoms with Gasteiger partial charge < -0.3 is 20.5 Å². The maximum Gasteiger partial charge on any atom is 0.465 e. The number of carbonyl (C=O) groups is 3. The van der Waals surface area contributed by atoms with Gasteiger partial charge in [0.05, 0.1) is 13.6 Å². The first kappa shape index (κ1) is 19.0. The summed E-state index contributed by atoms with van der Waals surface area (Å²) in [4.78, 5) is 37.0. The van der Waals surface area contributed by atoms with Crippen molar-refractivity contribution < 1.29 is 28.8 Å². The molecule has 1 aromatic heterocycles. The number of phenols is 1. The first-order valence-corrected chi connectivity index (χ1v) is 7.94. The van der Waals surface area contributed by atoms with Crippen LogP contribution in [0.5, 0.6) is 11.8 Å². The molecule has 0 aliphatic heterocycles. The molecule has 3 N–H and O–H groups in total. The van der Waals surface area contributed by atoms with Gasteiger partial charge in [-0.3, -0.25) is 9.59 Å². The van der Waals surface area contributed by atoms with E-state index in [1.807, 2.05) is 0 Å². The van der Waals surface area contributed by atoms with Crippen LogP contribution in [0.3, 0.4) is 0 Å². The van der Waals surface area contributed by atoms with Crippen LogP contribution in [0.25, 0.3) is 0 Å². The van der Waals surface area contributed by atoms with Crippen molar-refractivity contribution in [2.75, 3.05) is 14.1 Å². The van der Waals surface area contributed by atoms with E-state index in [2.05, 4.69) is 10.6 Å². The summed E-state index contributed by atoms with van der Waals surface area (Å²) < 4.78 is 8.15. The standard InChI is InChI=1S/C17H20N4O5/c1-5-21-13(15(24)19-3)12(14(23)18-2)20(4)17(21)26-16(25)10-8-6-7-9-11(10)22/h6-9H,5H2,1-4H3,(H2-,18,19,22,23,24,25)/p+1. The van der Waals surface area contributed by atoms with E-state index >= 15 is 0 Å². The quantitative estimate of drug-likeness (QED) is 0.511. The van der Waals surface area contributed by atoms with Crippen LogP contribution in [0, 0.1) is 0 Å². The highest BCUT2D eigenvalue weighted by atomic mass is 16.6.